The first-order valence-electron chi connectivity index (χ1n) is 7.42. The van der Waals surface area contributed by atoms with Crippen molar-refractivity contribution < 1.29 is 4.79 Å². The van der Waals surface area contributed by atoms with Crippen LogP contribution in [0.25, 0.3) is 0 Å². The number of aryl methyl sites for hydroxylation is 2. The lowest BCUT2D eigenvalue weighted by molar-refractivity contribution is -0.115. The first kappa shape index (κ1) is 18.4. The Morgan fingerprint density at radius 3 is 2.41 bits per heavy atom. The van der Waals surface area contributed by atoms with Gasteiger partial charge in [-0.1, -0.05) is 18.2 Å². The number of rotatable bonds is 7. The number of benzene rings is 1. The molecule has 0 atom stereocenters. The minimum absolute atomic E-state index is 0.102. The van der Waals surface area contributed by atoms with E-state index in [1.807, 2.05) is 46.1 Å². The van der Waals surface area contributed by atoms with Gasteiger partial charge in [0.1, 0.15) is 0 Å². The normalized spacial score (nSPS) is 10.4. The number of carbonyl (C=O) groups excluding carboxylic acids is 1. The summed E-state index contributed by atoms with van der Waals surface area (Å²) in [5, 5.41) is 9.45. The van der Waals surface area contributed by atoms with Gasteiger partial charge in [-0.3, -0.25) is 4.79 Å². The Balaban J connectivity index is 2.30. The van der Waals surface area contributed by atoms with Gasteiger partial charge >= 0.3 is 0 Å². The summed E-state index contributed by atoms with van der Waals surface area (Å²) in [4.78, 5) is 14.1. The van der Waals surface area contributed by atoms with Gasteiger partial charge in [0, 0.05) is 12.2 Å². The lowest BCUT2D eigenvalue weighted by Crippen LogP contribution is -2.40. The van der Waals surface area contributed by atoms with Crippen LogP contribution in [0.2, 0.25) is 0 Å². The molecule has 0 aliphatic heterocycles. The van der Waals surface area contributed by atoms with Crippen LogP contribution in [0.5, 0.6) is 0 Å². The molecule has 6 heteroatoms. The molecule has 122 valence electrons. The molecule has 0 aromatic heterocycles. The number of nitrogens with zero attached hydrogens (tertiary/aromatic N) is 1. The highest BCUT2D eigenvalue weighted by molar-refractivity contribution is 7.80. The van der Waals surface area contributed by atoms with E-state index in [0.29, 0.717) is 5.11 Å². The second-order valence-electron chi connectivity index (χ2n) is 5.58. The Bertz CT molecular complexity index is 497. The van der Waals surface area contributed by atoms with Crippen molar-refractivity contribution in [3.63, 3.8) is 0 Å². The van der Waals surface area contributed by atoms with Crippen LogP contribution in [-0.2, 0) is 4.79 Å². The van der Waals surface area contributed by atoms with E-state index in [2.05, 4.69) is 20.9 Å². The van der Waals surface area contributed by atoms with E-state index in [4.69, 9.17) is 12.2 Å². The molecule has 0 aliphatic carbocycles. The number of thiocarbonyl (C=S) groups is 1. The molecule has 3 N–H and O–H groups in total. The van der Waals surface area contributed by atoms with Gasteiger partial charge in [0.2, 0.25) is 5.91 Å². The Morgan fingerprint density at radius 2 is 1.82 bits per heavy atom. The van der Waals surface area contributed by atoms with Gasteiger partial charge in [0.15, 0.2) is 5.11 Å². The summed E-state index contributed by atoms with van der Waals surface area (Å²) in [7, 11) is 4.07. The molecule has 1 amide bonds. The third-order valence-electron chi connectivity index (χ3n) is 3.22. The van der Waals surface area contributed by atoms with Crippen LogP contribution in [0.1, 0.15) is 17.5 Å². The maximum Gasteiger partial charge on any atom is 0.243 e. The predicted molar refractivity (Wildman–Crippen MR) is 96.3 cm³/mol. The molecule has 1 aromatic rings. The first-order valence-corrected chi connectivity index (χ1v) is 7.83. The van der Waals surface area contributed by atoms with E-state index in [9.17, 15) is 4.79 Å². The highest BCUT2D eigenvalue weighted by atomic mass is 32.1. The van der Waals surface area contributed by atoms with E-state index in [0.717, 1.165) is 36.3 Å². The van der Waals surface area contributed by atoms with Gasteiger partial charge in [-0.25, -0.2) is 0 Å². The zero-order valence-electron chi connectivity index (χ0n) is 13.8. The third kappa shape index (κ3) is 6.87. The molecule has 0 saturated carbocycles. The van der Waals surface area contributed by atoms with Crippen molar-refractivity contribution in [3.8, 4) is 0 Å². The van der Waals surface area contributed by atoms with Crippen LogP contribution in [0.3, 0.4) is 0 Å². The fraction of sp³-hybridized carbons (Fsp3) is 0.500. The molecule has 1 rings (SSSR count). The SMILES string of the molecule is Cc1cccc(C)c1NC(=O)CNC(=S)NCCCN(C)C. The van der Waals surface area contributed by atoms with Crippen molar-refractivity contribution in [2.45, 2.75) is 20.3 Å². The predicted octanol–water partition coefficient (Wildman–Crippen LogP) is 1.66. The number of hydrogen-bond acceptors (Lipinski definition) is 3. The molecule has 0 radical (unpaired) electrons. The van der Waals surface area contributed by atoms with Crippen molar-refractivity contribution in [3.05, 3.63) is 29.3 Å². The van der Waals surface area contributed by atoms with Gasteiger partial charge in [-0.15, -0.1) is 0 Å². The summed E-state index contributed by atoms with van der Waals surface area (Å²) in [6, 6.07) is 5.94. The van der Waals surface area contributed by atoms with E-state index in [-0.39, 0.29) is 12.5 Å². The molecule has 0 fully saturated rings. The number of anilines is 1. The van der Waals surface area contributed by atoms with Gasteiger partial charge in [0.05, 0.1) is 6.54 Å². The number of nitrogens with one attached hydrogen (secondary N) is 3. The van der Waals surface area contributed by atoms with Crippen LogP contribution in [-0.4, -0.2) is 49.6 Å². The number of para-hydroxylation sites is 1. The second-order valence-corrected chi connectivity index (χ2v) is 5.99. The second kappa shape index (κ2) is 9.38. The van der Waals surface area contributed by atoms with Gasteiger partial charge in [0.25, 0.3) is 0 Å². The number of carbonyl (C=O) groups is 1. The van der Waals surface area contributed by atoms with E-state index >= 15 is 0 Å². The Kier molecular flexibility index (Phi) is 7.84. The average Bonchev–Trinajstić information content (AvgIpc) is 2.45. The smallest absolute Gasteiger partial charge is 0.243 e. The fourth-order valence-electron chi connectivity index (χ4n) is 2.02. The largest absolute Gasteiger partial charge is 0.363 e. The summed E-state index contributed by atoms with van der Waals surface area (Å²) < 4.78 is 0. The summed E-state index contributed by atoms with van der Waals surface area (Å²) >= 11 is 5.15. The average molecular weight is 322 g/mol. The topological polar surface area (TPSA) is 56.4 Å². The lowest BCUT2D eigenvalue weighted by Gasteiger charge is -2.14. The molecular formula is C16H26N4OS. The van der Waals surface area contributed by atoms with Gasteiger partial charge in [-0.05, 0) is 64.3 Å². The highest BCUT2D eigenvalue weighted by Gasteiger charge is 2.07. The van der Waals surface area contributed by atoms with Crippen molar-refractivity contribution in [1.82, 2.24) is 15.5 Å². The van der Waals surface area contributed by atoms with Crippen LogP contribution in [0.15, 0.2) is 18.2 Å². The van der Waals surface area contributed by atoms with Crippen LogP contribution >= 0.6 is 12.2 Å². The number of hydrogen-bond donors (Lipinski definition) is 3. The van der Waals surface area contributed by atoms with Crippen molar-refractivity contribution in [2.24, 2.45) is 0 Å². The maximum atomic E-state index is 12.0. The standard InChI is InChI=1S/C16H26N4OS/c1-12-7-5-8-13(2)15(12)19-14(21)11-18-16(22)17-9-6-10-20(3)4/h5,7-8H,6,9-11H2,1-4H3,(H,19,21)(H2,17,18,22). The van der Waals surface area contributed by atoms with Gasteiger partial charge in [-0.2, -0.15) is 0 Å². The zero-order chi connectivity index (χ0) is 16.5. The lowest BCUT2D eigenvalue weighted by atomic mass is 10.1. The highest BCUT2D eigenvalue weighted by Crippen LogP contribution is 2.18. The minimum atomic E-state index is -0.102. The van der Waals surface area contributed by atoms with E-state index in [1.165, 1.54) is 0 Å². The fourth-order valence-corrected chi connectivity index (χ4v) is 2.19. The Hall–Kier alpha value is -1.66. The van der Waals surface area contributed by atoms with Crippen molar-refractivity contribution in [2.75, 3.05) is 39.0 Å². The molecular weight excluding hydrogens is 296 g/mol. The number of amides is 1. The molecule has 0 aliphatic rings. The monoisotopic (exact) mass is 322 g/mol. The van der Waals surface area contributed by atoms with E-state index < -0.39 is 0 Å². The molecule has 22 heavy (non-hydrogen) atoms. The van der Waals surface area contributed by atoms with Crippen molar-refractivity contribution in [1.29, 1.82) is 0 Å². The quantitative estimate of drug-likeness (QED) is 0.526. The third-order valence-corrected chi connectivity index (χ3v) is 3.51. The Labute approximate surface area is 138 Å². The maximum absolute atomic E-state index is 12.0. The van der Waals surface area contributed by atoms with E-state index in [1.54, 1.807) is 0 Å². The summed E-state index contributed by atoms with van der Waals surface area (Å²) in [5.74, 6) is -0.102. The summed E-state index contributed by atoms with van der Waals surface area (Å²) in [6.45, 7) is 5.92. The molecule has 0 unspecified atom stereocenters. The van der Waals surface area contributed by atoms with Crippen LogP contribution in [0, 0.1) is 13.8 Å². The molecule has 0 heterocycles. The minimum Gasteiger partial charge on any atom is -0.363 e. The van der Waals surface area contributed by atoms with Crippen molar-refractivity contribution >= 4 is 28.9 Å². The molecule has 0 spiro atoms. The van der Waals surface area contributed by atoms with Crippen LogP contribution in [0.4, 0.5) is 5.69 Å². The van der Waals surface area contributed by atoms with Gasteiger partial charge < -0.3 is 20.9 Å². The molecule has 0 bridgehead atoms. The summed E-state index contributed by atoms with van der Waals surface area (Å²) in [6.07, 6.45) is 1.00. The molecule has 0 saturated heterocycles. The molecule has 1 aromatic carbocycles. The Morgan fingerprint density at radius 1 is 1.18 bits per heavy atom. The first-order chi connectivity index (χ1) is 10.4. The zero-order valence-corrected chi connectivity index (χ0v) is 14.6. The molecule has 5 nitrogen and oxygen atoms in total. The van der Waals surface area contributed by atoms with Crippen LogP contribution < -0.4 is 16.0 Å². The summed E-state index contributed by atoms with van der Waals surface area (Å²) in [5.41, 5.74) is 2.98.